The van der Waals surface area contributed by atoms with Gasteiger partial charge in [-0.05, 0) is 54.5 Å². The van der Waals surface area contributed by atoms with Gasteiger partial charge in [-0.2, -0.15) is 26.3 Å². The number of carbonyl (C=O) groups excluding carboxylic acids is 1. The van der Waals surface area contributed by atoms with Crippen molar-refractivity contribution >= 4 is 33.0 Å². The van der Waals surface area contributed by atoms with Gasteiger partial charge in [0.05, 0.1) is 23.1 Å². The highest BCUT2D eigenvalue weighted by molar-refractivity contribution is 9.09. The van der Waals surface area contributed by atoms with Crippen LogP contribution in [0.4, 0.5) is 26.3 Å². The summed E-state index contributed by atoms with van der Waals surface area (Å²) in [5, 5.41) is 1.21. The first-order chi connectivity index (χ1) is 14.0. The van der Waals surface area contributed by atoms with Gasteiger partial charge in [0.25, 0.3) is 0 Å². The number of rotatable bonds is 5. The number of carbonyl (C=O) groups is 1. The molecule has 0 atom stereocenters. The molecule has 1 fully saturated rings. The monoisotopic (exact) mass is 496 g/mol. The molecule has 0 saturated heterocycles. The Balaban J connectivity index is 2.00. The molecule has 0 N–H and O–H groups in total. The van der Waals surface area contributed by atoms with E-state index in [9.17, 15) is 31.1 Å². The van der Waals surface area contributed by atoms with Crippen molar-refractivity contribution in [2.45, 2.75) is 50.6 Å². The molecule has 0 unspecified atom stereocenters. The van der Waals surface area contributed by atoms with Crippen molar-refractivity contribution in [2.75, 3.05) is 5.33 Å². The van der Waals surface area contributed by atoms with Gasteiger partial charge in [-0.25, -0.2) is 0 Å². The molecule has 0 bridgehead atoms. The molecule has 164 valence electrons. The summed E-state index contributed by atoms with van der Waals surface area (Å²) in [5.74, 6) is -2.08. The van der Waals surface area contributed by atoms with Crippen molar-refractivity contribution in [1.82, 2.24) is 0 Å². The molecule has 0 radical (unpaired) electrons. The molecule has 0 aromatic heterocycles. The van der Waals surface area contributed by atoms with Gasteiger partial charge >= 0.3 is 12.4 Å². The number of benzene rings is 2. The van der Waals surface area contributed by atoms with Gasteiger partial charge in [0.15, 0.2) is 6.29 Å². The molecule has 3 rings (SSSR count). The zero-order valence-electron chi connectivity index (χ0n) is 15.7. The fraction of sp³-hybridized carbons (Fsp3) is 0.476. The first kappa shape index (κ1) is 22.9. The fourth-order valence-electron chi connectivity index (χ4n) is 3.86. The molecule has 2 aromatic rings. The normalized spacial score (nSPS) is 20.4. The van der Waals surface area contributed by atoms with Crippen LogP contribution in [0.15, 0.2) is 24.3 Å². The Morgan fingerprint density at radius 3 is 2.23 bits per heavy atom. The lowest BCUT2D eigenvalue weighted by atomic mass is 9.87. The third-order valence-corrected chi connectivity index (χ3v) is 5.82. The number of fused-ring (bicyclic) bond motifs is 1. The number of alkyl halides is 7. The zero-order valence-corrected chi connectivity index (χ0v) is 17.3. The van der Waals surface area contributed by atoms with Crippen LogP contribution >= 0.6 is 15.9 Å². The number of halogens is 7. The van der Waals surface area contributed by atoms with Crippen LogP contribution < -0.4 is 4.74 Å². The van der Waals surface area contributed by atoms with Gasteiger partial charge in [-0.1, -0.05) is 34.1 Å². The highest BCUT2D eigenvalue weighted by Crippen LogP contribution is 2.44. The molecule has 1 aliphatic carbocycles. The summed E-state index contributed by atoms with van der Waals surface area (Å²) in [6.07, 6.45) is -9.47. The molecular weight excluding hydrogens is 478 g/mol. The SMILES string of the molecule is O=Cc1c(OC2CCC(C(F)(F)F)CC2)c(C(F)(F)F)cc2cc(CCBr)ccc12. The molecule has 1 aliphatic rings. The smallest absolute Gasteiger partial charge is 0.420 e. The molecule has 2 nitrogen and oxygen atoms in total. The molecule has 1 saturated carbocycles. The molecule has 0 spiro atoms. The molecule has 2 aromatic carbocycles. The van der Waals surface area contributed by atoms with Crippen LogP contribution in [0.2, 0.25) is 0 Å². The van der Waals surface area contributed by atoms with E-state index >= 15 is 0 Å². The lowest BCUT2D eigenvalue weighted by molar-refractivity contribution is -0.185. The van der Waals surface area contributed by atoms with Crippen molar-refractivity contribution in [3.63, 3.8) is 0 Å². The maximum Gasteiger partial charge on any atom is 0.420 e. The molecule has 0 aliphatic heterocycles. The Morgan fingerprint density at radius 2 is 1.70 bits per heavy atom. The summed E-state index contributed by atoms with van der Waals surface area (Å²) >= 11 is 3.28. The number of hydrogen-bond donors (Lipinski definition) is 0. The van der Waals surface area contributed by atoms with Crippen LogP contribution in [0.5, 0.6) is 5.75 Å². The Bertz CT molecular complexity index is 914. The largest absolute Gasteiger partial charge is 0.489 e. The summed E-state index contributed by atoms with van der Waals surface area (Å²) in [6, 6.07) is 5.83. The van der Waals surface area contributed by atoms with Crippen molar-refractivity contribution in [1.29, 1.82) is 0 Å². The number of hydrogen-bond acceptors (Lipinski definition) is 2. The van der Waals surface area contributed by atoms with E-state index in [-0.39, 0.29) is 36.6 Å². The molecule has 0 heterocycles. The average molecular weight is 497 g/mol. The second-order valence-corrected chi connectivity index (χ2v) is 8.20. The minimum Gasteiger partial charge on any atom is -0.489 e. The Hall–Kier alpha value is -1.77. The lowest BCUT2D eigenvalue weighted by Crippen LogP contribution is -2.32. The van der Waals surface area contributed by atoms with E-state index < -0.39 is 35.7 Å². The third kappa shape index (κ3) is 4.92. The predicted molar refractivity (Wildman–Crippen MR) is 104 cm³/mol. The predicted octanol–water partition coefficient (Wildman–Crippen LogP) is 7.11. The van der Waals surface area contributed by atoms with Crippen molar-refractivity contribution in [3.8, 4) is 5.75 Å². The second kappa shape index (κ2) is 8.77. The summed E-state index contributed by atoms with van der Waals surface area (Å²) in [5.41, 5.74) is -0.516. The van der Waals surface area contributed by atoms with Crippen molar-refractivity contribution in [3.05, 3.63) is 41.0 Å². The molecular formula is C21H19BrF6O2. The van der Waals surface area contributed by atoms with Gasteiger partial charge in [-0.3, -0.25) is 4.79 Å². The average Bonchev–Trinajstić information content (AvgIpc) is 2.66. The summed E-state index contributed by atoms with van der Waals surface area (Å²) < 4.78 is 85.4. The van der Waals surface area contributed by atoms with Gasteiger partial charge in [-0.15, -0.1) is 0 Å². The van der Waals surface area contributed by atoms with Crippen molar-refractivity contribution < 1.29 is 35.9 Å². The van der Waals surface area contributed by atoms with Gasteiger partial charge in [0.2, 0.25) is 0 Å². The first-order valence-electron chi connectivity index (χ1n) is 9.46. The molecule has 30 heavy (non-hydrogen) atoms. The van der Waals surface area contributed by atoms with Crippen LogP contribution in [0.1, 0.15) is 47.2 Å². The van der Waals surface area contributed by atoms with Crippen LogP contribution in [-0.4, -0.2) is 23.9 Å². The number of ether oxygens (including phenoxy) is 1. The number of aldehydes is 1. The summed E-state index contributed by atoms with van der Waals surface area (Å²) in [6.45, 7) is 0. The van der Waals surface area contributed by atoms with Gasteiger partial charge in [0.1, 0.15) is 5.75 Å². The third-order valence-electron chi connectivity index (χ3n) is 5.42. The Kier molecular flexibility index (Phi) is 6.69. The topological polar surface area (TPSA) is 26.3 Å². The maximum absolute atomic E-state index is 13.8. The van der Waals surface area contributed by atoms with Gasteiger partial charge < -0.3 is 4.74 Å². The maximum atomic E-state index is 13.8. The van der Waals surface area contributed by atoms with Crippen molar-refractivity contribution in [2.24, 2.45) is 5.92 Å². The lowest BCUT2D eigenvalue weighted by Gasteiger charge is -2.31. The van der Waals surface area contributed by atoms with E-state index in [0.29, 0.717) is 23.4 Å². The highest BCUT2D eigenvalue weighted by Gasteiger charge is 2.43. The van der Waals surface area contributed by atoms with E-state index in [1.54, 1.807) is 18.2 Å². The standard InChI is InChI=1S/C21H19BrF6O2/c22-8-7-12-1-6-16-13(9-12)10-18(21(26,27)28)19(17(16)11-29)30-15-4-2-14(3-5-15)20(23,24)25/h1,6,9-11,14-15H,2-5,7-8H2. The quantitative estimate of drug-likeness (QED) is 0.250. The second-order valence-electron chi connectivity index (χ2n) is 7.41. The summed E-state index contributed by atoms with van der Waals surface area (Å²) in [4.78, 5) is 11.8. The van der Waals surface area contributed by atoms with Crippen LogP contribution in [0.25, 0.3) is 10.8 Å². The minimum absolute atomic E-state index is 0.0258. The minimum atomic E-state index is -4.78. The first-order valence-corrected chi connectivity index (χ1v) is 10.6. The number of aryl methyl sites for hydroxylation is 1. The summed E-state index contributed by atoms with van der Waals surface area (Å²) in [7, 11) is 0. The molecule has 0 amide bonds. The highest BCUT2D eigenvalue weighted by atomic mass is 79.9. The van der Waals surface area contributed by atoms with Gasteiger partial charge in [0, 0.05) is 5.33 Å². The van der Waals surface area contributed by atoms with Crippen LogP contribution in [0, 0.1) is 5.92 Å². The van der Waals surface area contributed by atoms with E-state index in [1.165, 1.54) is 0 Å². The van der Waals surface area contributed by atoms with E-state index in [1.807, 2.05) is 0 Å². The Labute approximate surface area is 177 Å². The van der Waals surface area contributed by atoms with Crippen LogP contribution in [-0.2, 0) is 12.6 Å². The zero-order chi connectivity index (χ0) is 22.1. The van der Waals surface area contributed by atoms with E-state index in [4.69, 9.17) is 4.74 Å². The Morgan fingerprint density at radius 1 is 1.03 bits per heavy atom. The van der Waals surface area contributed by atoms with E-state index in [2.05, 4.69) is 15.9 Å². The molecule has 9 heteroatoms. The van der Waals surface area contributed by atoms with Crippen LogP contribution in [0.3, 0.4) is 0 Å². The van der Waals surface area contributed by atoms with E-state index in [0.717, 1.165) is 11.6 Å². The fourth-order valence-corrected chi connectivity index (χ4v) is 4.32.